The summed E-state index contributed by atoms with van der Waals surface area (Å²) in [4.78, 5) is 0. The van der Waals surface area contributed by atoms with Gasteiger partial charge in [-0.1, -0.05) is 0 Å². The van der Waals surface area contributed by atoms with Gasteiger partial charge in [-0.3, -0.25) is 0 Å². The van der Waals surface area contributed by atoms with E-state index in [0.29, 0.717) is 0 Å². The molecule has 82 valence electrons. The summed E-state index contributed by atoms with van der Waals surface area (Å²) >= 11 is 0. The van der Waals surface area contributed by atoms with Crippen LogP contribution in [-0.2, 0) is 0 Å². The molecule has 0 bridgehead atoms. The van der Waals surface area contributed by atoms with Crippen LogP contribution in [0.2, 0.25) is 0 Å². The van der Waals surface area contributed by atoms with Crippen molar-refractivity contribution in [1.82, 2.24) is 0 Å². The Bertz CT molecular complexity index is 350. The Balaban J connectivity index is 1.94. The van der Waals surface area contributed by atoms with Crippen molar-refractivity contribution in [2.45, 2.75) is 18.9 Å². The van der Waals surface area contributed by atoms with Crippen molar-refractivity contribution in [3.05, 3.63) is 29.8 Å². The molecule has 0 amide bonds. The standard InChI is InChI=1S/C11H12F2O2/c12-8-3-4-9(13)11(5-8)15-6-10(14)7-1-2-7/h3-5,7,10,14H,1-2,6H2. The summed E-state index contributed by atoms with van der Waals surface area (Å²) in [5.74, 6) is -1.04. The van der Waals surface area contributed by atoms with E-state index in [1.165, 1.54) is 0 Å². The van der Waals surface area contributed by atoms with Gasteiger partial charge < -0.3 is 9.84 Å². The number of benzene rings is 1. The fourth-order valence-electron chi connectivity index (χ4n) is 1.38. The first-order chi connectivity index (χ1) is 7.16. The van der Waals surface area contributed by atoms with Gasteiger partial charge in [0, 0.05) is 6.07 Å². The molecule has 1 N–H and O–H groups in total. The Kier molecular flexibility index (Phi) is 2.86. The van der Waals surface area contributed by atoms with E-state index in [0.717, 1.165) is 31.0 Å². The zero-order chi connectivity index (χ0) is 10.8. The highest BCUT2D eigenvalue weighted by molar-refractivity contribution is 5.24. The molecule has 2 rings (SSSR count). The van der Waals surface area contributed by atoms with E-state index in [9.17, 15) is 13.9 Å². The molecule has 2 nitrogen and oxygen atoms in total. The van der Waals surface area contributed by atoms with E-state index < -0.39 is 17.7 Å². The fraction of sp³-hybridized carbons (Fsp3) is 0.455. The van der Waals surface area contributed by atoms with Gasteiger partial charge >= 0.3 is 0 Å². The third-order valence-corrected chi connectivity index (χ3v) is 2.47. The average molecular weight is 214 g/mol. The molecule has 1 aromatic rings. The van der Waals surface area contributed by atoms with Crippen LogP contribution < -0.4 is 4.74 Å². The Morgan fingerprint density at radius 2 is 2.13 bits per heavy atom. The Morgan fingerprint density at radius 1 is 1.40 bits per heavy atom. The molecule has 15 heavy (non-hydrogen) atoms. The number of hydrogen-bond acceptors (Lipinski definition) is 2. The lowest BCUT2D eigenvalue weighted by Gasteiger charge is -2.11. The lowest BCUT2D eigenvalue weighted by Crippen LogP contribution is -2.19. The van der Waals surface area contributed by atoms with Gasteiger partial charge in [0.15, 0.2) is 11.6 Å². The van der Waals surface area contributed by atoms with Crippen LogP contribution in [-0.4, -0.2) is 17.8 Å². The van der Waals surface area contributed by atoms with Crippen LogP contribution in [0.4, 0.5) is 8.78 Å². The molecule has 1 aliphatic rings. The zero-order valence-electron chi connectivity index (χ0n) is 8.12. The summed E-state index contributed by atoms with van der Waals surface area (Å²) in [5.41, 5.74) is 0. The summed E-state index contributed by atoms with van der Waals surface area (Å²) in [6.45, 7) is 0.0189. The number of rotatable bonds is 4. The molecular weight excluding hydrogens is 202 g/mol. The van der Waals surface area contributed by atoms with Crippen molar-refractivity contribution >= 4 is 0 Å². The minimum Gasteiger partial charge on any atom is -0.488 e. The van der Waals surface area contributed by atoms with E-state index in [-0.39, 0.29) is 18.3 Å². The first-order valence-electron chi connectivity index (χ1n) is 4.93. The summed E-state index contributed by atoms with van der Waals surface area (Å²) in [6.07, 6.45) is 1.39. The van der Waals surface area contributed by atoms with E-state index in [1.54, 1.807) is 0 Å². The quantitative estimate of drug-likeness (QED) is 0.831. The molecular formula is C11H12F2O2. The maximum atomic E-state index is 13.1. The Morgan fingerprint density at radius 3 is 2.80 bits per heavy atom. The molecule has 0 aliphatic heterocycles. The lowest BCUT2D eigenvalue weighted by molar-refractivity contribution is 0.0873. The third-order valence-electron chi connectivity index (χ3n) is 2.47. The van der Waals surface area contributed by atoms with Gasteiger partial charge in [0.1, 0.15) is 12.4 Å². The van der Waals surface area contributed by atoms with Gasteiger partial charge in [-0.05, 0) is 30.9 Å². The number of hydrogen-bond donors (Lipinski definition) is 1. The number of aliphatic hydroxyl groups excluding tert-OH is 1. The zero-order valence-corrected chi connectivity index (χ0v) is 8.12. The van der Waals surface area contributed by atoms with Gasteiger partial charge in [0.25, 0.3) is 0 Å². The second-order valence-electron chi connectivity index (χ2n) is 3.79. The molecule has 1 atom stereocenters. The van der Waals surface area contributed by atoms with E-state index in [2.05, 4.69) is 0 Å². The minimum atomic E-state index is -0.612. The van der Waals surface area contributed by atoms with Gasteiger partial charge in [-0.15, -0.1) is 0 Å². The molecule has 1 saturated carbocycles. The molecule has 0 heterocycles. The van der Waals surface area contributed by atoms with Crippen LogP contribution in [0.25, 0.3) is 0 Å². The molecule has 1 aliphatic carbocycles. The van der Waals surface area contributed by atoms with E-state index >= 15 is 0 Å². The molecule has 0 aromatic heterocycles. The molecule has 0 spiro atoms. The minimum absolute atomic E-state index is 0.0189. The molecule has 0 radical (unpaired) electrons. The normalized spacial score (nSPS) is 17.5. The third kappa shape index (κ3) is 2.65. The van der Waals surface area contributed by atoms with Gasteiger partial charge in [-0.25, -0.2) is 8.78 Å². The van der Waals surface area contributed by atoms with Crippen LogP contribution in [0.15, 0.2) is 18.2 Å². The predicted molar refractivity (Wildman–Crippen MR) is 50.6 cm³/mol. The van der Waals surface area contributed by atoms with Crippen molar-refractivity contribution in [1.29, 1.82) is 0 Å². The highest BCUT2D eigenvalue weighted by Crippen LogP contribution is 2.32. The van der Waals surface area contributed by atoms with Crippen molar-refractivity contribution < 1.29 is 18.6 Å². The fourth-order valence-corrected chi connectivity index (χ4v) is 1.38. The topological polar surface area (TPSA) is 29.5 Å². The molecule has 1 aromatic carbocycles. The van der Waals surface area contributed by atoms with Crippen LogP contribution in [0, 0.1) is 17.6 Å². The molecule has 4 heteroatoms. The monoisotopic (exact) mass is 214 g/mol. The number of halogens is 2. The maximum absolute atomic E-state index is 13.1. The van der Waals surface area contributed by atoms with Crippen LogP contribution >= 0.6 is 0 Å². The van der Waals surface area contributed by atoms with Gasteiger partial charge in [0.2, 0.25) is 0 Å². The Labute approximate surface area is 86.5 Å². The second-order valence-corrected chi connectivity index (χ2v) is 3.79. The van der Waals surface area contributed by atoms with Gasteiger partial charge in [0.05, 0.1) is 6.10 Å². The number of ether oxygens (including phenoxy) is 1. The maximum Gasteiger partial charge on any atom is 0.165 e. The van der Waals surface area contributed by atoms with E-state index in [1.807, 2.05) is 0 Å². The summed E-state index contributed by atoms with van der Waals surface area (Å²) in [6, 6.07) is 3.02. The van der Waals surface area contributed by atoms with E-state index in [4.69, 9.17) is 4.74 Å². The predicted octanol–water partition coefficient (Wildman–Crippen LogP) is 2.11. The molecule has 1 fully saturated rings. The summed E-state index contributed by atoms with van der Waals surface area (Å²) in [5, 5.41) is 9.47. The lowest BCUT2D eigenvalue weighted by atomic mass is 10.2. The highest BCUT2D eigenvalue weighted by atomic mass is 19.1. The number of aliphatic hydroxyl groups is 1. The Hall–Kier alpha value is -1.16. The van der Waals surface area contributed by atoms with Crippen LogP contribution in [0.3, 0.4) is 0 Å². The van der Waals surface area contributed by atoms with Crippen LogP contribution in [0.5, 0.6) is 5.75 Å². The van der Waals surface area contributed by atoms with Crippen molar-refractivity contribution in [2.75, 3.05) is 6.61 Å². The summed E-state index contributed by atoms with van der Waals surface area (Å²) < 4.78 is 30.8. The highest BCUT2D eigenvalue weighted by Gasteiger charge is 2.30. The van der Waals surface area contributed by atoms with Crippen molar-refractivity contribution in [2.24, 2.45) is 5.92 Å². The molecule has 1 unspecified atom stereocenters. The largest absolute Gasteiger partial charge is 0.488 e. The second kappa shape index (κ2) is 4.14. The first-order valence-corrected chi connectivity index (χ1v) is 4.93. The smallest absolute Gasteiger partial charge is 0.165 e. The summed E-state index contributed by atoms with van der Waals surface area (Å²) in [7, 11) is 0. The van der Waals surface area contributed by atoms with Crippen molar-refractivity contribution in [3.8, 4) is 5.75 Å². The average Bonchev–Trinajstić information content (AvgIpc) is 3.02. The van der Waals surface area contributed by atoms with Gasteiger partial charge in [-0.2, -0.15) is 0 Å². The van der Waals surface area contributed by atoms with Crippen molar-refractivity contribution in [3.63, 3.8) is 0 Å². The molecule has 0 saturated heterocycles. The van der Waals surface area contributed by atoms with Crippen LogP contribution in [0.1, 0.15) is 12.8 Å². The SMILES string of the molecule is OC(COc1cc(F)ccc1F)C1CC1. The first kappa shape index (κ1) is 10.4.